The number of aryl methyl sites for hydroxylation is 2. The maximum atomic E-state index is 13.5. The summed E-state index contributed by atoms with van der Waals surface area (Å²) in [4.78, 5) is 26.2. The Balaban J connectivity index is 0.801. The molecular formula is C49H47N3O8. The molecule has 7 rings (SSSR count). The van der Waals surface area contributed by atoms with E-state index in [-0.39, 0.29) is 29.3 Å². The van der Waals surface area contributed by atoms with Crippen molar-refractivity contribution in [3.8, 4) is 34.3 Å². The largest absolute Gasteiger partial charge is 0.507 e. The molecule has 2 aromatic heterocycles. The van der Waals surface area contributed by atoms with Crippen LogP contribution < -0.4 is 19.6 Å². The number of benzene rings is 5. The number of rotatable bonds is 21. The van der Waals surface area contributed by atoms with Crippen LogP contribution in [-0.4, -0.2) is 52.3 Å². The molecule has 0 aliphatic heterocycles. The van der Waals surface area contributed by atoms with Crippen LogP contribution in [0, 0.1) is 0 Å². The molecule has 2 heterocycles. The van der Waals surface area contributed by atoms with E-state index in [1.807, 2.05) is 104 Å². The number of phenolic OH excluding ortho intramolecular Hbond substituents is 1. The summed E-state index contributed by atoms with van der Waals surface area (Å²) in [5, 5.41) is 19.1. The predicted molar refractivity (Wildman–Crippen MR) is 231 cm³/mol. The van der Waals surface area contributed by atoms with Crippen LogP contribution in [0.3, 0.4) is 0 Å². The molecule has 306 valence electrons. The highest BCUT2D eigenvalue weighted by molar-refractivity contribution is 6.08. The van der Waals surface area contributed by atoms with Gasteiger partial charge in [-0.05, 0) is 97.0 Å². The lowest BCUT2D eigenvalue weighted by Gasteiger charge is -2.13. The third kappa shape index (κ3) is 11.1. The van der Waals surface area contributed by atoms with Crippen LogP contribution in [-0.2, 0) is 30.7 Å². The minimum Gasteiger partial charge on any atom is -0.507 e. The van der Waals surface area contributed by atoms with Crippen molar-refractivity contribution in [2.24, 2.45) is 0 Å². The molecule has 0 saturated heterocycles. The Morgan fingerprint density at radius 3 is 2.45 bits per heavy atom. The number of fused-ring (bicyclic) bond motifs is 1. The van der Waals surface area contributed by atoms with E-state index >= 15 is 0 Å². The van der Waals surface area contributed by atoms with Crippen molar-refractivity contribution in [3.05, 3.63) is 172 Å². The van der Waals surface area contributed by atoms with Gasteiger partial charge in [0, 0.05) is 11.8 Å². The number of aromatic hydroxyl groups is 1. The number of phenols is 1. The van der Waals surface area contributed by atoms with Gasteiger partial charge < -0.3 is 28.5 Å². The van der Waals surface area contributed by atoms with Crippen molar-refractivity contribution in [2.45, 2.75) is 45.8 Å². The molecule has 5 aromatic carbocycles. The molecule has 0 fully saturated rings. The van der Waals surface area contributed by atoms with E-state index in [9.17, 15) is 14.7 Å². The molecule has 11 heteroatoms. The maximum absolute atomic E-state index is 13.5. The summed E-state index contributed by atoms with van der Waals surface area (Å²) < 4.78 is 31.9. The van der Waals surface area contributed by atoms with Gasteiger partial charge in [0.05, 0.1) is 43.0 Å². The zero-order valence-corrected chi connectivity index (χ0v) is 33.5. The van der Waals surface area contributed by atoms with Crippen molar-refractivity contribution in [3.63, 3.8) is 0 Å². The van der Waals surface area contributed by atoms with Crippen LogP contribution >= 0.6 is 0 Å². The number of allylic oxidation sites excluding steroid dienone is 1. The smallest absolute Gasteiger partial charge is 0.235 e. The standard InChI is InChI=1S/C49H47N3O8/c1-2-35-20-24-44(53)43(31-35)45(54)25-21-36-18-22-40(23-19-36)57-27-9-8-14-39-33-52(51-50-39)26-28-56-29-30-58-41-15-10-13-38(32-41)48-49(59-34-37-11-4-3-5-12-37)47(55)42-16-6-7-17-46(42)60-48/h3-7,10-13,15-25,31-33,53H,2,8-9,14,26-30,34H2,1H3/b25-21+. The number of nitrogens with zero attached hydrogens (tertiary/aromatic N) is 3. The van der Waals surface area contributed by atoms with Crippen LogP contribution in [0.5, 0.6) is 23.0 Å². The third-order valence-electron chi connectivity index (χ3n) is 9.76. The lowest BCUT2D eigenvalue weighted by atomic mass is 10.0. The van der Waals surface area contributed by atoms with E-state index < -0.39 is 0 Å². The quantitative estimate of drug-likeness (QED) is 0.0425. The average molecular weight is 806 g/mol. The molecule has 0 atom stereocenters. The fourth-order valence-corrected chi connectivity index (χ4v) is 6.48. The molecule has 11 nitrogen and oxygen atoms in total. The van der Waals surface area contributed by atoms with Crippen molar-refractivity contribution in [2.75, 3.05) is 26.4 Å². The van der Waals surface area contributed by atoms with E-state index in [2.05, 4.69) is 10.3 Å². The molecule has 1 N–H and O–H groups in total. The van der Waals surface area contributed by atoms with Crippen molar-refractivity contribution < 1.29 is 33.3 Å². The van der Waals surface area contributed by atoms with Gasteiger partial charge in [-0.1, -0.05) is 91.0 Å². The van der Waals surface area contributed by atoms with Crippen LogP contribution in [0.1, 0.15) is 52.5 Å². The molecule has 0 spiro atoms. The number of hydrogen-bond acceptors (Lipinski definition) is 10. The van der Waals surface area contributed by atoms with Gasteiger partial charge in [0.1, 0.15) is 36.0 Å². The van der Waals surface area contributed by atoms with Crippen molar-refractivity contribution >= 4 is 22.8 Å². The Hall–Kier alpha value is -6.98. The van der Waals surface area contributed by atoms with E-state index in [0.29, 0.717) is 66.6 Å². The van der Waals surface area contributed by atoms with Crippen LogP contribution in [0.25, 0.3) is 28.4 Å². The Bertz CT molecular complexity index is 2580. The molecule has 0 unspecified atom stereocenters. The third-order valence-corrected chi connectivity index (χ3v) is 9.76. The first-order chi connectivity index (χ1) is 29.4. The number of hydrogen-bond donors (Lipinski definition) is 1. The van der Waals surface area contributed by atoms with E-state index in [1.165, 1.54) is 6.08 Å². The fourth-order valence-electron chi connectivity index (χ4n) is 6.48. The van der Waals surface area contributed by atoms with Gasteiger partial charge >= 0.3 is 0 Å². The lowest BCUT2D eigenvalue weighted by molar-refractivity contribution is 0.0923. The van der Waals surface area contributed by atoms with Crippen LogP contribution in [0.15, 0.2) is 143 Å². The number of carbonyl (C=O) groups excluding carboxylic acids is 1. The summed E-state index contributed by atoms with van der Waals surface area (Å²) in [6.45, 7) is 4.52. The monoisotopic (exact) mass is 805 g/mol. The number of carbonyl (C=O) groups is 1. The molecule has 7 aromatic rings. The number of para-hydroxylation sites is 1. The molecule has 0 radical (unpaired) electrons. The summed E-state index contributed by atoms with van der Waals surface area (Å²) in [6.07, 6.45) is 8.48. The van der Waals surface area contributed by atoms with E-state index in [1.54, 1.807) is 41.1 Å². The highest BCUT2D eigenvalue weighted by Crippen LogP contribution is 2.33. The number of aromatic nitrogens is 3. The topological polar surface area (TPSA) is 135 Å². The van der Waals surface area contributed by atoms with E-state index in [4.69, 9.17) is 23.4 Å². The second-order valence-corrected chi connectivity index (χ2v) is 14.1. The summed E-state index contributed by atoms with van der Waals surface area (Å²) in [7, 11) is 0. The first-order valence-corrected chi connectivity index (χ1v) is 20.1. The van der Waals surface area contributed by atoms with Gasteiger partial charge in [0.2, 0.25) is 11.2 Å². The lowest BCUT2D eigenvalue weighted by Crippen LogP contribution is -2.12. The first-order valence-electron chi connectivity index (χ1n) is 20.1. The molecule has 0 amide bonds. The molecular weight excluding hydrogens is 759 g/mol. The first kappa shape index (κ1) is 41.2. The van der Waals surface area contributed by atoms with Gasteiger partial charge in [0.25, 0.3) is 0 Å². The second kappa shape index (κ2) is 20.6. The zero-order chi connectivity index (χ0) is 41.5. The van der Waals surface area contributed by atoms with Crippen LogP contribution in [0.2, 0.25) is 0 Å². The number of ketones is 1. The highest BCUT2D eigenvalue weighted by atomic mass is 16.5. The molecule has 0 bridgehead atoms. The highest BCUT2D eigenvalue weighted by Gasteiger charge is 2.19. The summed E-state index contributed by atoms with van der Waals surface area (Å²) in [5.41, 5.74) is 4.93. The molecule has 0 aliphatic rings. The Kier molecular flexibility index (Phi) is 14.2. The Labute approximate surface area is 348 Å². The van der Waals surface area contributed by atoms with Crippen LogP contribution in [0.4, 0.5) is 0 Å². The normalized spacial score (nSPS) is 11.3. The fraction of sp³-hybridized carbons (Fsp3) is 0.224. The maximum Gasteiger partial charge on any atom is 0.235 e. The van der Waals surface area contributed by atoms with Gasteiger partial charge in [-0.3, -0.25) is 9.59 Å². The number of unbranched alkanes of at least 4 members (excludes halogenated alkanes) is 1. The minimum atomic E-state index is -0.240. The number of ether oxygens (including phenoxy) is 4. The van der Waals surface area contributed by atoms with Gasteiger partial charge in [0.15, 0.2) is 11.5 Å². The van der Waals surface area contributed by atoms with E-state index in [0.717, 1.165) is 53.8 Å². The van der Waals surface area contributed by atoms with Crippen molar-refractivity contribution in [1.82, 2.24) is 15.0 Å². The Morgan fingerprint density at radius 1 is 0.783 bits per heavy atom. The van der Waals surface area contributed by atoms with Gasteiger partial charge in [-0.15, -0.1) is 5.10 Å². The zero-order valence-electron chi connectivity index (χ0n) is 33.5. The van der Waals surface area contributed by atoms with Gasteiger partial charge in [-0.2, -0.15) is 0 Å². The molecule has 0 aliphatic carbocycles. The average Bonchev–Trinajstić information content (AvgIpc) is 3.74. The summed E-state index contributed by atoms with van der Waals surface area (Å²) >= 11 is 0. The SMILES string of the molecule is CCc1ccc(O)c(C(=O)/C=C/c2ccc(OCCCCc3cn(CCOCCOc4cccc(-c5oc6ccccc6c(=O)c5OCc5ccccc5)c4)nn3)cc2)c1. The Morgan fingerprint density at radius 2 is 1.60 bits per heavy atom. The van der Waals surface area contributed by atoms with Crippen molar-refractivity contribution in [1.29, 1.82) is 0 Å². The minimum absolute atomic E-state index is 0.0160. The molecule has 0 saturated carbocycles. The molecule has 60 heavy (non-hydrogen) atoms. The summed E-state index contributed by atoms with van der Waals surface area (Å²) in [5.74, 6) is 1.61. The predicted octanol–water partition coefficient (Wildman–Crippen LogP) is 9.29. The summed E-state index contributed by atoms with van der Waals surface area (Å²) in [6, 6.07) is 36.9. The van der Waals surface area contributed by atoms with Gasteiger partial charge in [-0.25, -0.2) is 4.68 Å². The second-order valence-electron chi connectivity index (χ2n) is 14.1.